The van der Waals surface area contributed by atoms with Crippen molar-refractivity contribution in [1.29, 1.82) is 0 Å². The quantitative estimate of drug-likeness (QED) is 0.745. The zero-order chi connectivity index (χ0) is 11.3. The molecule has 3 aliphatic rings. The van der Waals surface area contributed by atoms with Crippen LogP contribution in [0.3, 0.4) is 0 Å². The molecule has 0 spiro atoms. The van der Waals surface area contributed by atoms with Crippen molar-refractivity contribution in [3.05, 3.63) is 18.0 Å². The Bertz CT molecular complexity index is 389. The van der Waals surface area contributed by atoms with E-state index in [1.807, 2.05) is 6.20 Å². The lowest BCUT2D eigenvalue weighted by atomic mass is 9.45. The molecule has 0 aromatic carbocycles. The van der Waals surface area contributed by atoms with Gasteiger partial charge in [-0.05, 0) is 55.4 Å². The fourth-order valence-corrected chi connectivity index (χ4v) is 3.99. The topological polar surface area (TPSA) is 17.8 Å². The first-order valence-corrected chi connectivity index (χ1v) is 6.57. The van der Waals surface area contributed by atoms with E-state index in [9.17, 15) is 0 Å². The van der Waals surface area contributed by atoms with Crippen LogP contribution in [0.25, 0.3) is 0 Å². The van der Waals surface area contributed by atoms with Crippen LogP contribution in [0.15, 0.2) is 12.3 Å². The van der Waals surface area contributed by atoms with Gasteiger partial charge in [-0.15, -0.1) is 0 Å². The number of aryl methyl sites for hydroxylation is 1. The molecule has 0 N–H and O–H groups in total. The van der Waals surface area contributed by atoms with Gasteiger partial charge in [-0.2, -0.15) is 5.10 Å². The van der Waals surface area contributed by atoms with Crippen LogP contribution in [-0.4, -0.2) is 9.78 Å². The van der Waals surface area contributed by atoms with Crippen LogP contribution in [0.2, 0.25) is 0 Å². The van der Waals surface area contributed by atoms with Gasteiger partial charge in [0.25, 0.3) is 0 Å². The lowest BCUT2D eigenvalue weighted by Crippen LogP contribution is -2.53. The monoisotopic (exact) mass is 218 g/mol. The Kier molecular flexibility index (Phi) is 2.17. The smallest absolute Gasteiger partial charge is 0.0492 e. The maximum atomic E-state index is 4.43. The largest absolute Gasteiger partial charge is 0.270 e. The van der Waals surface area contributed by atoms with Crippen molar-refractivity contribution >= 4 is 0 Å². The molecule has 2 bridgehead atoms. The molecule has 0 unspecified atom stereocenters. The molecule has 0 radical (unpaired) electrons. The van der Waals surface area contributed by atoms with Crippen molar-refractivity contribution in [3.8, 4) is 0 Å². The molecule has 1 heterocycles. The van der Waals surface area contributed by atoms with Crippen LogP contribution in [0.5, 0.6) is 0 Å². The summed E-state index contributed by atoms with van der Waals surface area (Å²) in [5.41, 5.74) is 1.91. The van der Waals surface area contributed by atoms with Gasteiger partial charge >= 0.3 is 0 Å². The molecule has 0 saturated heterocycles. The molecule has 1 aromatic rings. The van der Waals surface area contributed by atoms with Gasteiger partial charge < -0.3 is 0 Å². The molecule has 88 valence electrons. The van der Waals surface area contributed by atoms with Crippen molar-refractivity contribution < 1.29 is 0 Å². The molecule has 2 heteroatoms. The van der Waals surface area contributed by atoms with Gasteiger partial charge in [0.2, 0.25) is 0 Å². The van der Waals surface area contributed by atoms with Gasteiger partial charge in [0, 0.05) is 18.4 Å². The number of hydrogen-bond donors (Lipinski definition) is 0. The summed E-state index contributed by atoms with van der Waals surface area (Å²) < 4.78 is 2.19. The first-order chi connectivity index (χ1) is 7.59. The van der Waals surface area contributed by atoms with Gasteiger partial charge in [0.1, 0.15) is 0 Å². The summed E-state index contributed by atoms with van der Waals surface area (Å²) in [4.78, 5) is 0. The van der Waals surface area contributed by atoms with E-state index in [4.69, 9.17) is 0 Å². The van der Waals surface area contributed by atoms with Crippen LogP contribution in [0, 0.1) is 30.1 Å². The van der Waals surface area contributed by atoms with Crippen LogP contribution in [-0.2, 0) is 6.54 Å². The predicted molar refractivity (Wildman–Crippen MR) is 65.1 cm³/mol. The molecule has 0 amide bonds. The molecular formula is C14H22N2. The molecule has 16 heavy (non-hydrogen) atoms. The summed E-state index contributed by atoms with van der Waals surface area (Å²) in [6.45, 7) is 8.23. The van der Waals surface area contributed by atoms with Gasteiger partial charge in [0.15, 0.2) is 0 Å². The van der Waals surface area contributed by atoms with E-state index in [1.165, 1.54) is 25.0 Å². The summed E-state index contributed by atoms with van der Waals surface area (Å²) in [5.74, 6) is 2.81. The van der Waals surface area contributed by atoms with Gasteiger partial charge in [-0.25, -0.2) is 0 Å². The van der Waals surface area contributed by atoms with E-state index < -0.39 is 0 Å². The van der Waals surface area contributed by atoms with Crippen LogP contribution in [0.4, 0.5) is 0 Å². The number of nitrogens with zero attached hydrogens (tertiary/aromatic N) is 2. The standard InChI is InChI=1S/C14H22N2/c1-10-6-7-15-16(10)9-11-4-5-12-8-13(11)14(12,2)3/h6-7,11-13H,4-5,8-9H2,1-3H3/t11-,12-,13+/m0/s1. The molecule has 3 saturated carbocycles. The van der Waals surface area contributed by atoms with E-state index in [0.29, 0.717) is 5.41 Å². The molecule has 0 aliphatic heterocycles. The minimum Gasteiger partial charge on any atom is -0.270 e. The minimum atomic E-state index is 0.601. The lowest BCUT2D eigenvalue weighted by Gasteiger charge is -2.60. The lowest BCUT2D eigenvalue weighted by molar-refractivity contribution is -0.109. The Labute approximate surface area is 98.0 Å². The molecule has 3 atom stereocenters. The Hall–Kier alpha value is -0.790. The van der Waals surface area contributed by atoms with Crippen molar-refractivity contribution in [2.24, 2.45) is 23.2 Å². The predicted octanol–water partition coefficient (Wildman–Crippen LogP) is 3.26. The highest BCUT2D eigenvalue weighted by Crippen LogP contribution is 2.61. The van der Waals surface area contributed by atoms with Crippen molar-refractivity contribution in [1.82, 2.24) is 9.78 Å². The zero-order valence-corrected chi connectivity index (χ0v) is 10.6. The fourth-order valence-electron chi connectivity index (χ4n) is 3.99. The zero-order valence-electron chi connectivity index (χ0n) is 10.6. The summed E-state index contributed by atoms with van der Waals surface area (Å²) in [5, 5.41) is 4.43. The Morgan fingerprint density at radius 2 is 2.25 bits per heavy atom. The highest BCUT2D eigenvalue weighted by molar-refractivity contribution is 5.04. The molecular weight excluding hydrogens is 196 g/mol. The van der Waals surface area contributed by atoms with E-state index in [0.717, 1.165) is 24.3 Å². The van der Waals surface area contributed by atoms with Crippen molar-refractivity contribution in [2.45, 2.75) is 46.6 Å². The second-order valence-electron chi connectivity index (χ2n) is 6.35. The second kappa shape index (κ2) is 3.35. The molecule has 1 aromatic heterocycles. The Balaban J connectivity index is 1.75. The highest BCUT2D eigenvalue weighted by atomic mass is 15.3. The van der Waals surface area contributed by atoms with Crippen molar-refractivity contribution in [3.63, 3.8) is 0 Å². The first-order valence-electron chi connectivity index (χ1n) is 6.57. The maximum absolute atomic E-state index is 4.43. The number of aromatic nitrogens is 2. The van der Waals surface area contributed by atoms with Crippen molar-refractivity contribution in [2.75, 3.05) is 0 Å². The van der Waals surface area contributed by atoms with Crippen LogP contribution >= 0.6 is 0 Å². The van der Waals surface area contributed by atoms with E-state index in [-0.39, 0.29) is 0 Å². The average molecular weight is 218 g/mol. The maximum Gasteiger partial charge on any atom is 0.0492 e. The first kappa shape index (κ1) is 10.4. The van der Waals surface area contributed by atoms with E-state index in [1.54, 1.807) is 0 Å². The highest BCUT2D eigenvalue weighted by Gasteiger charge is 2.54. The number of fused-ring (bicyclic) bond motifs is 2. The van der Waals surface area contributed by atoms with Crippen LogP contribution < -0.4 is 0 Å². The average Bonchev–Trinajstić information content (AvgIpc) is 2.64. The third-order valence-corrected chi connectivity index (χ3v) is 5.34. The van der Waals surface area contributed by atoms with Crippen LogP contribution in [0.1, 0.15) is 38.8 Å². The Morgan fingerprint density at radius 1 is 1.44 bits per heavy atom. The summed E-state index contributed by atoms with van der Waals surface area (Å²) in [6.07, 6.45) is 6.25. The Morgan fingerprint density at radius 3 is 2.81 bits per heavy atom. The minimum absolute atomic E-state index is 0.601. The summed E-state index contributed by atoms with van der Waals surface area (Å²) >= 11 is 0. The van der Waals surface area contributed by atoms with E-state index in [2.05, 4.69) is 36.6 Å². The third-order valence-electron chi connectivity index (χ3n) is 5.34. The molecule has 4 rings (SSSR count). The van der Waals surface area contributed by atoms with Gasteiger partial charge in [-0.3, -0.25) is 4.68 Å². The fraction of sp³-hybridized carbons (Fsp3) is 0.786. The third kappa shape index (κ3) is 1.35. The van der Waals surface area contributed by atoms with E-state index >= 15 is 0 Å². The second-order valence-corrected chi connectivity index (χ2v) is 6.35. The summed E-state index contributed by atoms with van der Waals surface area (Å²) in [7, 11) is 0. The molecule has 2 nitrogen and oxygen atoms in total. The number of hydrogen-bond acceptors (Lipinski definition) is 1. The summed E-state index contributed by atoms with van der Waals surface area (Å²) in [6, 6.07) is 2.11. The molecule has 3 aliphatic carbocycles. The van der Waals surface area contributed by atoms with Gasteiger partial charge in [-0.1, -0.05) is 13.8 Å². The SMILES string of the molecule is Cc1ccnn1C[C@@H]1CC[C@H]2C[C@H]1C2(C)C. The van der Waals surface area contributed by atoms with Gasteiger partial charge in [0.05, 0.1) is 0 Å². The molecule has 3 fully saturated rings. The number of rotatable bonds is 2. The normalized spacial score (nSPS) is 35.8.